The molecule has 0 aromatic heterocycles. The molecule has 0 fully saturated rings. The van der Waals surface area contributed by atoms with Crippen molar-refractivity contribution in [2.75, 3.05) is 0 Å². The van der Waals surface area contributed by atoms with Gasteiger partial charge in [-0.1, -0.05) is 0 Å². The van der Waals surface area contributed by atoms with E-state index in [9.17, 15) is 3.67 Å². The monoisotopic (exact) mass is 260 g/mol. The molecule has 0 N–H and O–H groups in total. The standard InChI is InChI=1S/C9H13.2ClH.O.V/c1-9(2,3)8-6-4-5-7-8;;;;/h4,6H,5H2,1-3H3;2*1H;;. The first kappa shape index (κ1) is 15.9. The summed E-state index contributed by atoms with van der Waals surface area (Å²) in [6.45, 7) is 6.48. The van der Waals surface area contributed by atoms with Gasteiger partial charge >= 0.3 is 74.5 Å². The molecule has 0 aromatic carbocycles. The van der Waals surface area contributed by atoms with Gasteiger partial charge < -0.3 is 0 Å². The molecule has 1 nitrogen and oxygen atoms in total. The van der Waals surface area contributed by atoms with Crippen LogP contribution in [-0.2, 0) is 19.9 Å². The van der Waals surface area contributed by atoms with Gasteiger partial charge in [0.15, 0.2) is 0 Å². The van der Waals surface area contributed by atoms with E-state index in [4.69, 9.17) is 0 Å². The molecule has 1 rings (SSSR count). The van der Waals surface area contributed by atoms with Crippen LogP contribution in [0.25, 0.3) is 0 Å². The van der Waals surface area contributed by atoms with Gasteiger partial charge in [0, 0.05) is 0 Å². The van der Waals surface area contributed by atoms with Crippen molar-refractivity contribution >= 4 is 24.8 Å². The van der Waals surface area contributed by atoms with Crippen molar-refractivity contribution in [3.8, 4) is 0 Å². The Balaban J connectivity index is 0. The van der Waals surface area contributed by atoms with Crippen LogP contribution in [0.4, 0.5) is 0 Å². The number of hydrogen-bond acceptors (Lipinski definition) is 1. The third kappa shape index (κ3) is 3.99. The van der Waals surface area contributed by atoms with E-state index in [1.165, 1.54) is 5.57 Å². The van der Waals surface area contributed by atoms with Gasteiger partial charge in [0.25, 0.3) is 0 Å². The summed E-state index contributed by atoms with van der Waals surface area (Å²) in [4.78, 5) is 0. The van der Waals surface area contributed by atoms with Gasteiger partial charge in [-0.25, -0.2) is 0 Å². The molecule has 0 heterocycles. The van der Waals surface area contributed by atoms with Crippen LogP contribution in [0, 0.1) is 5.41 Å². The summed E-state index contributed by atoms with van der Waals surface area (Å²) in [5, 5.41) is 0. The fourth-order valence-electron chi connectivity index (χ4n) is 1.26. The van der Waals surface area contributed by atoms with E-state index >= 15 is 0 Å². The fraction of sp³-hybridized carbons (Fsp3) is 0.556. The van der Waals surface area contributed by atoms with Crippen molar-refractivity contribution in [2.24, 2.45) is 5.41 Å². The molecule has 0 saturated heterocycles. The van der Waals surface area contributed by atoms with Crippen LogP contribution in [0.15, 0.2) is 22.0 Å². The topological polar surface area (TPSA) is 17.1 Å². The maximum absolute atomic E-state index is 10.8. The van der Waals surface area contributed by atoms with Gasteiger partial charge in [-0.15, -0.1) is 24.8 Å². The first-order valence-electron chi connectivity index (χ1n) is 3.79. The zero-order valence-corrected chi connectivity index (χ0v) is 11.1. The third-order valence-corrected chi connectivity index (χ3v) is 2.83. The minimum Gasteiger partial charge on any atom is -0.147 e. The van der Waals surface area contributed by atoms with E-state index in [2.05, 4.69) is 32.9 Å². The van der Waals surface area contributed by atoms with Crippen LogP contribution in [0.3, 0.4) is 0 Å². The van der Waals surface area contributed by atoms with Crippen molar-refractivity contribution in [2.45, 2.75) is 27.2 Å². The van der Waals surface area contributed by atoms with Crippen molar-refractivity contribution in [1.82, 2.24) is 0 Å². The summed E-state index contributed by atoms with van der Waals surface area (Å²) in [6, 6.07) is 0. The molecule has 1 aliphatic rings. The van der Waals surface area contributed by atoms with Crippen LogP contribution in [0.5, 0.6) is 0 Å². The second kappa shape index (κ2) is 6.03. The van der Waals surface area contributed by atoms with Gasteiger partial charge in [0.1, 0.15) is 0 Å². The Bertz CT molecular complexity index is 238. The van der Waals surface area contributed by atoms with Crippen LogP contribution < -0.4 is 0 Å². The van der Waals surface area contributed by atoms with Crippen LogP contribution in [0.1, 0.15) is 27.2 Å². The first-order chi connectivity index (χ1) is 5.05. The van der Waals surface area contributed by atoms with Gasteiger partial charge in [-0.3, -0.25) is 0 Å². The molecule has 0 amide bonds. The zero-order valence-electron chi connectivity index (χ0n) is 8.03. The molecule has 0 saturated carbocycles. The molecule has 0 aliphatic heterocycles. The van der Waals surface area contributed by atoms with E-state index in [1.807, 2.05) is 0 Å². The summed E-state index contributed by atoms with van der Waals surface area (Å²) in [7, 11) is 0. The molecule has 76 valence electrons. The van der Waals surface area contributed by atoms with Crippen LogP contribution in [-0.4, -0.2) is 0 Å². The quantitative estimate of drug-likeness (QED) is 0.705. The van der Waals surface area contributed by atoms with E-state index < -0.39 is 16.2 Å². The second-order valence-corrected chi connectivity index (χ2v) is 4.94. The summed E-state index contributed by atoms with van der Waals surface area (Å²) in [5.41, 5.74) is 1.45. The molecule has 0 bridgehead atoms. The molecule has 0 unspecified atom stereocenters. The van der Waals surface area contributed by atoms with E-state index in [1.54, 1.807) is 0 Å². The minimum absolute atomic E-state index is 0. The Morgan fingerprint density at radius 1 is 1.31 bits per heavy atom. The molecule has 1 aliphatic carbocycles. The Morgan fingerprint density at radius 3 is 2.15 bits per heavy atom. The number of hydrogen-bond donors (Lipinski definition) is 0. The Labute approximate surface area is 99.2 Å². The summed E-state index contributed by atoms with van der Waals surface area (Å²) < 4.78 is 11.9. The zero-order chi connectivity index (χ0) is 8.48. The summed E-state index contributed by atoms with van der Waals surface area (Å²) in [5.74, 6) is 0. The van der Waals surface area contributed by atoms with Crippen molar-refractivity contribution in [3.05, 3.63) is 22.0 Å². The molecule has 0 spiro atoms. The minimum atomic E-state index is -0.803. The maximum atomic E-state index is 10.8. The molecule has 13 heavy (non-hydrogen) atoms. The van der Waals surface area contributed by atoms with E-state index in [0.717, 1.165) is 10.7 Å². The SMILES string of the molecule is CC(C)(C)C1=[C]([V]=[O])CC=C1.Cl.Cl. The van der Waals surface area contributed by atoms with Crippen molar-refractivity contribution in [3.63, 3.8) is 0 Å². The Kier molecular flexibility index (Phi) is 7.37. The Hall–Kier alpha value is 0.444. The van der Waals surface area contributed by atoms with Gasteiger partial charge in [0.2, 0.25) is 0 Å². The summed E-state index contributed by atoms with van der Waals surface area (Å²) >= 11 is -0.803. The van der Waals surface area contributed by atoms with Gasteiger partial charge in [-0.05, 0) is 0 Å². The number of rotatable bonds is 1. The van der Waals surface area contributed by atoms with E-state index in [-0.39, 0.29) is 30.2 Å². The molecule has 0 radical (unpaired) electrons. The smallest absolute Gasteiger partial charge is 0.147 e. The average molecular weight is 261 g/mol. The molecule has 0 aromatic rings. The molecular weight excluding hydrogens is 246 g/mol. The predicted molar refractivity (Wildman–Crippen MR) is 55.4 cm³/mol. The third-order valence-electron chi connectivity index (χ3n) is 1.82. The van der Waals surface area contributed by atoms with Gasteiger partial charge in [-0.2, -0.15) is 0 Å². The van der Waals surface area contributed by atoms with E-state index in [0.29, 0.717) is 0 Å². The van der Waals surface area contributed by atoms with Crippen molar-refractivity contribution < 1.29 is 19.9 Å². The Morgan fingerprint density at radius 2 is 1.85 bits per heavy atom. The summed E-state index contributed by atoms with van der Waals surface area (Å²) in [6.07, 6.45) is 5.13. The fourth-order valence-corrected chi connectivity index (χ4v) is 2.34. The first-order valence-corrected chi connectivity index (χ1v) is 5.06. The normalized spacial score (nSPS) is 15.0. The second-order valence-electron chi connectivity index (χ2n) is 3.81. The average Bonchev–Trinajstić information content (AvgIpc) is 2.31. The molecule has 0 atom stereocenters. The molecule has 4 heteroatoms. The maximum Gasteiger partial charge on any atom is -0.147 e. The number of halogens is 2. The number of allylic oxidation sites excluding steroid dienone is 4. The molecular formula is C9H15Cl2OV. The van der Waals surface area contributed by atoms with Crippen LogP contribution >= 0.6 is 24.8 Å². The largest absolute Gasteiger partial charge is 0.147 e. The van der Waals surface area contributed by atoms with Crippen molar-refractivity contribution in [1.29, 1.82) is 0 Å². The van der Waals surface area contributed by atoms with Gasteiger partial charge in [0.05, 0.1) is 0 Å². The predicted octanol–water partition coefficient (Wildman–Crippen LogP) is 3.52. The van der Waals surface area contributed by atoms with Crippen LogP contribution in [0.2, 0.25) is 0 Å².